The number of rotatable bonds is 2. The van der Waals surface area contributed by atoms with E-state index in [0.717, 1.165) is 0 Å². The topological polar surface area (TPSA) is 74.8 Å². The van der Waals surface area contributed by atoms with Crippen LogP contribution in [0.4, 0.5) is 0 Å². The van der Waals surface area contributed by atoms with E-state index in [1.165, 1.54) is 17.7 Å². The van der Waals surface area contributed by atoms with E-state index in [0.29, 0.717) is 27.2 Å². The van der Waals surface area contributed by atoms with E-state index in [1.54, 1.807) is 6.92 Å². The second-order valence-electron chi connectivity index (χ2n) is 3.33. The van der Waals surface area contributed by atoms with Gasteiger partial charge in [0.15, 0.2) is 0 Å². The van der Waals surface area contributed by atoms with Gasteiger partial charge in [-0.05, 0) is 19.4 Å². The van der Waals surface area contributed by atoms with Crippen molar-refractivity contribution in [2.24, 2.45) is 0 Å². The summed E-state index contributed by atoms with van der Waals surface area (Å²) >= 11 is 1.24. The maximum absolute atomic E-state index is 11.7. The minimum atomic E-state index is -0.200. The minimum absolute atomic E-state index is 0.151. The lowest BCUT2D eigenvalue weighted by molar-refractivity contribution is 0.0959. The SMILES string of the molecule is CCNC(=O)c1sc2nc[nH]c(=O)c2c1C. The summed E-state index contributed by atoms with van der Waals surface area (Å²) < 4.78 is 0. The molecule has 0 saturated heterocycles. The smallest absolute Gasteiger partial charge is 0.261 e. The quantitative estimate of drug-likeness (QED) is 0.819. The molecule has 5 nitrogen and oxygen atoms in total. The number of nitrogens with zero attached hydrogens (tertiary/aromatic N) is 1. The van der Waals surface area contributed by atoms with E-state index in [2.05, 4.69) is 15.3 Å². The lowest BCUT2D eigenvalue weighted by Gasteiger charge is -1.99. The standard InChI is InChI=1S/C10H11N3O2S/c1-3-11-9(15)7-5(2)6-8(14)12-4-13-10(6)16-7/h4H,3H2,1-2H3,(H,11,15)(H,12,13,14). The van der Waals surface area contributed by atoms with Crippen molar-refractivity contribution in [2.75, 3.05) is 6.54 Å². The highest BCUT2D eigenvalue weighted by Crippen LogP contribution is 2.26. The normalized spacial score (nSPS) is 10.6. The maximum Gasteiger partial charge on any atom is 0.261 e. The van der Waals surface area contributed by atoms with E-state index in [4.69, 9.17) is 0 Å². The molecular formula is C10H11N3O2S. The van der Waals surface area contributed by atoms with Crippen LogP contribution in [0.25, 0.3) is 10.2 Å². The summed E-state index contributed by atoms with van der Waals surface area (Å²) in [5.41, 5.74) is 0.495. The van der Waals surface area contributed by atoms with Crippen molar-refractivity contribution in [3.05, 3.63) is 27.1 Å². The Labute approximate surface area is 95.5 Å². The van der Waals surface area contributed by atoms with Gasteiger partial charge in [0, 0.05) is 6.54 Å². The molecule has 2 aromatic rings. The number of fused-ring (bicyclic) bond motifs is 1. The molecule has 0 unspecified atom stereocenters. The van der Waals surface area contributed by atoms with Crippen molar-refractivity contribution in [2.45, 2.75) is 13.8 Å². The summed E-state index contributed by atoms with van der Waals surface area (Å²) in [4.78, 5) is 31.0. The lowest BCUT2D eigenvalue weighted by atomic mass is 10.2. The highest BCUT2D eigenvalue weighted by Gasteiger charge is 2.17. The van der Waals surface area contributed by atoms with Gasteiger partial charge in [0.25, 0.3) is 11.5 Å². The molecule has 0 atom stereocenters. The van der Waals surface area contributed by atoms with E-state index < -0.39 is 0 Å². The fraction of sp³-hybridized carbons (Fsp3) is 0.300. The molecule has 0 aliphatic rings. The van der Waals surface area contributed by atoms with Crippen molar-refractivity contribution in [3.8, 4) is 0 Å². The number of thiophene rings is 1. The molecule has 2 heterocycles. The lowest BCUT2D eigenvalue weighted by Crippen LogP contribution is -2.22. The monoisotopic (exact) mass is 237 g/mol. The molecule has 0 spiro atoms. The first-order valence-electron chi connectivity index (χ1n) is 4.90. The van der Waals surface area contributed by atoms with Crippen LogP contribution in [-0.4, -0.2) is 22.4 Å². The van der Waals surface area contributed by atoms with Gasteiger partial charge in [0.2, 0.25) is 0 Å². The summed E-state index contributed by atoms with van der Waals surface area (Å²) in [6.45, 7) is 4.18. The van der Waals surface area contributed by atoms with Crippen LogP contribution in [0.5, 0.6) is 0 Å². The third-order valence-electron chi connectivity index (χ3n) is 2.28. The molecule has 0 aliphatic heterocycles. The molecule has 0 aliphatic carbocycles. The molecule has 2 N–H and O–H groups in total. The van der Waals surface area contributed by atoms with Crippen molar-refractivity contribution >= 4 is 27.5 Å². The predicted octanol–water partition coefficient (Wildman–Crippen LogP) is 1.04. The van der Waals surface area contributed by atoms with Crippen LogP contribution in [0.15, 0.2) is 11.1 Å². The minimum Gasteiger partial charge on any atom is -0.352 e. The van der Waals surface area contributed by atoms with Crippen LogP contribution in [0.2, 0.25) is 0 Å². The Morgan fingerprint density at radius 2 is 2.38 bits per heavy atom. The van der Waals surface area contributed by atoms with E-state index >= 15 is 0 Å². The number of carbonyl (C=O) groups is 1. The summed E-state index contributed by atoms with van der Waals surface area (Å²) in [5, 5.41) is 3.22. The second kappa shape index (κ2) is 4.05. The first-order chi connectivity index (χ1) is 7.65. The zero-order valence-corrected chi connectivity index (χ0v) is 9.77. The van der Waals surface area contributed by atoms with Crippen molar-refractivity contribution in [1.82, 2.24) is 15.3 Å². The van der Waals surface area contributed by atoms with Crippen LogP contribution < -0.4 is 10.9 Å². The average molecular weight is 237 g/mol. The molecule has 84 valence electrons. The fourth-order valence-corrected chi connectivity index (χ4v) is 2.60. The van der Waals surface area contributed by atoms with Gasteiger partial charge >= 0.3 is 0 Å². The first kappa shape index (κ1) is 10.8. The zero-order valence-electron chi connectivity index (χ0n) is 8.96. The van der Waals surface area contributed by atoms with Crippen molar-refractivity contribution in [3.63, 3.8) is 0 Å². The summed E-state index contributed by atoms with van der Waals surface area (Å²) in [7, 11) is 0. The molecule has 1 amide bonds. The average Bonchev–Trinajstić information content (AvgIpc) is 2.58. The van der Waals surface area contributed by atoms with Crippen LogP contribution in [0.3, 0.4) is 0 Å². The van der Waals surface area contributed by atoms with Gasteiger partial charge < -0.3 is 10.3 Å². The molecule has 2 aromatic heterocycles. The molecule has 6 heteroatoms. The molecule has 2 rings (SSSR count). The van der Waals surface area contributed by atoms with Crippen molar-refractivity contribution in [1.29, 1.82) is 0 Å². The number of amides is 1. The van der Waals surface area contributed by atoms with Crippen LogP contribution >= 0.6 is 11.3 Å². The van der Waals surface area contributed by atoms with E-state index in [-0.39, 0.29) is 11.5 Å². The van der Waals surface area contributed by atoms with Gasteiger partial charge in [-0.25, -0.2) is 4.98 Å². The number of carbonyl (C=O) groups excluding carboxylic acids is 1. The summed E-state index contributed by atoms with van der Waals surface area (Å²) in [6.07, 6.45) is 1.35. The predicted molar refractivity (Wildman–Crippen MR) is 63.0 cm³/mol. The van der Waals surface area contributed by atoms with Crippen LogP contribution in [0, 0.1) is 6.92 Å². The second-order valence-corrected chi connectivity index (χ2v) is 4.33. The maximum atomic E-state index is 11.7. The number of H-pyrrole nitrogens is 1. The van der Waals surface area contributed by atoms with Crippen LogP contribution in [0.1, 0.15) is 22.2 Å². The molecule has 0 bridgehead atoms. The molecule has 16 heavy (non-hydrogen) atoms. The van der Waals surface area contributed by atoms with E-state index in [1.807, 2.05) is 6.92 Å². The van der Waals surface area contributed by atoms with Gasteiger partial charge in [0.05, 0.1) is 16.6 Å². The number of hydrogen-bond acceptors (Lipinski definition) is 4. The summed E-state index contributed by atoms with van der Waals surface area (Å²) in [5.74, 6) is -0.151. The Hall–Kier alpha value is -1.69. The number of aryl methyl sites for hydroxylation is 1. The molecule has 0 fully saturated rings. The van der Waals surface area contributed by atoms with Gasteiger partial charge in [-0.2, -0.15) is 0 Å². The Morgan fingerprint density at radius 1 is 1.62 bits per heavy atom. The largest absolute Gasteiger partial charge is 0.352 e. The number of nitrogens with one attached hydrogen (secondary N) is 2. The van der Waals surface area contributed by atoms with Gasteiger partial charge in [-0.1, -0.05) is 0 Å². The van der Waals surface area contributed by atoms with Gasteiger partial charge in [-0.15, -0.1) is 11.3 Å². The molecular weight excluding hydrogens is 226 g/mol. The Kier molecular flexibility index (Phi) is 2.74. The number of aromatic nitrogens is 2. The molecule has 0 aromatic carbocycles. The Balaban J connectivity index is 2.65. The van der Waals surface area contributed by atoms with Gasteiger partial charge in [-0.3, -0.25) is 9.59 Å². The number of hydrogen-bond donors (Lipinski definition) is 2. The molecule has 0 saturated carbocycles. The van der Waals surface area contributed by atoms with E-state index in [9.17, 15) is 9.59 Å². The first-order valence-corrected chi connectivity index (χ1v) is 5.71. The number of aromatic amines is 1. The molecule has 0 radical (unpaired) electrons. The summed E-state index contributed by atoms with van der Waals surface area (Å²) in [6, 6.07) is 0. The Morgan fingerprint density at radius 3 is 3.00 bits per heavy atom. The highest BCUT2D eigenvalue weighted by atomic mass is 32.1. The van der Waals surface area contributed by atoms with Crippen molar-refractivity contribution < 1.29 is 4.79 Å². The third kappa shape index (κ3) is 1.61. The highest BCUT2D eigenvalue weighted by molar-refractivity contribution is 7.20. The third-order valence-corrected chi connectivity index (χ3v) is 3.47. The van der Waals surface area contributed by atoms with Gasteiger partial charge in [0.1, 0.15) is 4.83 Å². The fourth-order valence-electron chi connectivity index (χ4n) is 1.54. The van der Waals surface area contributed by atoms with Crippen LogP contribution in [-0.2, 0) is 0 Å². The zero-order chi connectivity index (χ0) is 11.7. The Bertz CT molecular complexity index is 600.